The van der Waals surface area contributed by atoms with Crippen LogP contribution in [0.3, 0.4) is 0 Å². The van der Waals surface area contributed by atoms with Gasteiger partial charge in [0.25, 0.3) is 0 Å². The summed E-state index contributed by atoms with van der Waals surface area (Å²) in [6.45, 7) is 14.1. The van der Waals surface area contributed by atoms with Crippen LogP contribution in [0.5, 0.6) is 0 Å². The third-order valence-electron chi connectivity index (χ3n) is 4.84. The van der Waals surface area contributed by atoms with Crippen molar-refractivity contribution in [2.75, 3.05) is 12.3 Å². The zero-order valence-corrected chi connectivity index (χ0v) is 24.0. The van der Waals surface area contributed by atoms with E-state index in [0.29, 0.717) is 0 Å². The minimum Gasteiger partial charge on any atom is -0.0508 e. The van der Waals surface area contributed by atoms with E-state index in [1.165, 1.54) is 12.3 Å². The van der Waals surface area contributed by atoms with Crippen LogP contribution in [-0.4, -0.2) is 22.6 Å². The van der Waals surface area contributed by atoms with E-state index in [9.17, 15) is 0 Å². The molecule has 0 saturated carbocycles. The first-order valence-corrected chi connectivity index (χ1v) is 15.2. The Hall–Kier alpha value is -0.620. The highest BCUT2D eigenvalue weighted by Crippen LogP contribution is 2.54. The van der Waals surface area contributed by atoms with Crippen LogP contribution in [0, 0.1) is 23.2 Å². The molecular formula is C26H32Br2P2+2. The van der Waals surface area contributed by atoms with Crippen LogP contribution in [-0.2, 0) is 0 Å². The summed E-state index contributed by atoms with van der Waals surface area (Å²) in [5, 5.41) is 0.494. The SMILES string of the molecule is CC(C)(C)[PH+](C#Cc1ccc(Br)cc1)CC[PH+](C#Cc1ccc(Br)cc1)C(C)(C)C. The molecule has 2 aromatic rings. The van der Waals surface area contributed by atoms with Crippen LogP contribution in [0.2, 0.25) is 0 Å². The molecule has 0 radical (unpaired) electrons. The van der Waals surface area contributed by atoms with Gasteiger partial charge in [0.05, 0.1) is 37.5 Å². The van der Waals surface area contributed by atoms with Gasteiger partial charge in [-0.05, 0) is 102 Å². The molecule has 0 bridgehead atoms. The lowest BCUT2D eigenvalue weighted by Gasteiger charge is -2.22. The van der Waals surface area contributed by atoms with Crippen molar-refractivity contribution in [3.8, 4) is 23.2 Å². The van der Waals surface area contributed by atoms with Gasteiger partial charge in [0, 0.05) is 20.1 Å². The highest BCUT2D eigenvalue weighted by atomic mass is 79.9. The van der Waals surface area contributed by atoms with E-state index < -0.39 is 15.8 Å². The molecule has 0 saturated heterocycles. The first-order valence-electron chi connectivity index (χ1n) is 10.2. The first kappa shape index (κ1) is 25.6. The van der Waals surface area contributed by atoms with Gasteiger partial charge in [-0.3, -0.25) is 0 Å². The second-order valence-electron chi connectivity index (χ2n) is 9.47. The van der Waals surface area contributed by atoms with Crippen molar-refractivity contribution in [3.05, 3.63) is 68.6 Å². The van der Waals surface area contributed by atoms with Crippen molar-refractivity contribution in [2.45, 2.75) is 51.9 Å². The summed E-state index contributed by atoms with van der Waals surface area (Å²) in [5.74, 6) is 6.90. The van der Waals surface area contributed by atoms with Gasteiger partial charge in [-0.1, -0.05) is 31.9 Å². The van der Waals surface area contributed by atoms with Gasteiger partial charge in [-0.15, -0.1) is 0 Å². The summed E-state index contributed by atoms with van der Waals surface area (Å²) >= 11 is 7.00. The van der Waals surface area contributed by atoms with Crippen molar-refractivity contribution in [1.29, 1.82) is 0 Å². The van der Waals surface area contributed by atoms with Gasteiger partial charge in [0.1, 0.15) is 12.3 Å². The molecule has 0 nitrogen and oxygen atoms in total. The molecule has 2 atom stereocenters. The first-order chi connectivity index (χ1) is 13.9. The second kappa shape index (κ2) is 11.3. The van der Waals surface area contributed by atoms with Crippen molar-refractivity contribution >= 4 is 47.7 Å². The van der Waals surface area contributed by atoms with Crippen LogP contribution in [0.4, 0.5) is 0 Å². The van der Waals surface area contributed by atoms with Gasteiger partial charge >= 0.3 is 0 Å². The fraction of sp³-hybridized carbons (Fsp3) is 0.385. The molecule has 0 heterocycles. The van der Waals surface area contributed by atoms with Crippen LogP contribution in [0.15, 0.2) is 57.5 Å². The van der Waals surface area contributed by atoms with Crippen molar-refractivity contribution in [2.24, 2.45) is 0 Å². The Morgan fingerprint density at radius 3 is 1.17 bits per heavy atom. The van der Waals surface area contributed by atoms with Gasteiger partial charge in [0.15, 0.2) is 0 Å². The maximum Gasteiger partial charge on any atom is 0.104 e. The summed E-state index contributed by atoms with van der Waals surface area (Å²) in [5.41, 5.74) is 9.56. The lowest BCUT2D eigenvalue weighted by molar-refractivity contribution is 0.781. The lowest BCUT2D eigenvalue weighted by Crippen LogP contribution is -2.17. The van der Waals surface area contributed by atoms with Gasteiger partial charge in [-0.25, -0.2) is 0 Å². The van der Waals surface area contributed by atoms with E-state index >= 15 is 0 Å². The number of hydrogen-bond donors (Lipinski definition) is 0. The maximum atomic E-state index is 3.68. The van der Waals surface area contributed by atoms with Crippen molar-refractivity contribution < 1.29 is 0 Å². The highest BCUT2D eigenvalue weighted by molar-refractivity contribution is 9.10. The zero-order chi connectivity index (χ0) is 22.4. The minimum atomic E-state index is -0.831. The van der Waals surface area contributed by atoms with E-state index in [1.807, 2.05) is 0 Å². The summed E-state index contributed by atoms with van der Waals surface area (Å²) in [7, 11) is -1.66. The largest absolute Gasteiger partial charge is 0.104 e. The van der Waals surface area contributed by atoms with Crippen LogP contribution in [0.25, 0.3) is 0 Å². The predicted molar refractivity (Wildman–Crippen MR) is 148 cm³/mol. The molecule has 0 aliphatic heterocycles. The van der Waals surface area contributed by atoms with Gasteiger partial charge in [0.2, 0.25) is 0 Å². The fourth-order valence-corrected chi connectivity index (χ4v) is 8.48. The topological polar surface area (TPSA) is 0 Å². The Balaban J connectivity index is 2.17. The molecule has 0 amide bonds. The molecule has 0 aliphatic rings. The summed E-state index contributed by atoms with van der Waals surface area (Å²) in [6.07, 6.45) is 2.39. The quantitative estimate of drug-likeness (QED) is 0.258. The molecular weight excluding hydrogens is 534 g/mol. The third kappa shape index (κ3) is 8.86. The molecule has 0 N–H and O–H groups in total. The smallest absolute Gasteiger partial charge is 0.0508 e. The summed E-state index contributed by atoms with van der Waals surface area (Å²) in [4.78, 5) is 0. The fourth-order valence-electron chi connectivity index (χ4n) is 2.86. The van der Waals surface area contributed by atoms with Gasteiger partial charge in [-0.2, -0.15) is 0 Å². The van der Waals surface area contributed by atoms with Crippen LogP contribution in [0.1, 0.15) is 52.7 Å². The van der Waals surface area contributed by atoms with E-state index in [0.717, 1.165) is 20.1 Å². The standard InChI is InChI=1S/C26H30Br2P2/c1-25(2,3)29(17-15-21-7-11-23(27)12-8-21)19-20-30(26(4,5)6)18-16-22-9-13-24(28)14-10-22/h7-14H,19-20H2,1-6H3/p+2. The van der Waals surface area contributed by atoms with Crippen molar-refractivity contribution in [1.82, 2.24) is 0 Å². The average Bonchev–Trinajstić information content (AvgIpc) is 2.64. The number of halogens is 2. The molecule has 30 heavy (non-hydrogen) atoms. The Bertz CT molecular complexity index is 860. The van der Waals surface area contributed by atoms with Gasteiger partial charge < -0.3 is 0 Å². The number of hydrogen-bond acceptors (Lipinski definition) is 0. The molecule has 4 heteroatoms. The molecule has 0 aliphatic carbocycles. The normalized spacial score (nSPS) is 13.5. The number of rotatable bonds is 3. The van der Waals surface area contributed by atoms with Crippen molar-refractivity contribution in [3.63, 3.8) is 0 Å². The maximum absolute atomic E-state index is 3.68. The Kier molecular flexibility index (Phi) is 9.66. The Labute approximate surface area is 202 Å². The Morgan fingerprint density at radius 1 is 0.600 bits per heavy atom. The van der Waals surface area contributed by atoms with Crippen LogP contribution < -0.4 is 0 Å². The summed E-state index contributed by atoms with van der Waals surface area (Å²) in [6, 6.07) is 16.6. The van der Waals surface area contributed by atoms with E-state index in [4.69, 9.17) is 0 Å². The Morgan fingerprint density at radius 2 is 0.900 bits per heavy atom. The molecule has 2 aromatic carbocycles. The zero-order valence-electron chi connectivity index (χ0n) is 18.8. The molecule has 0 fully saturated rings. The third-order valence-corrected chi connectivity index (χ3v) is 12.4. The molecule has 2 rings (SSSR count). The summed E-state index contributed by atoms with van der Waals surface area (Å²) < 4.78 is 2.19. The molecule has 0 aromatic heterocycles. The highest BCUT2D eigenvalue weighted by Gasteiger charge is 2.37. The molecule has 0 spiro atoms. The molecule has 2 unspecified atom stereocenters. The number of benzene rings is 2. The lowest BCUT2D eigenvalue weighted by atomic mass is 10.2. The minimum absolute atomic E-state index is 0.247. The van der Waals surface area contributed by atoms with Crippen LogP contribution >= 0.6 is 47.7 Å². The second-order valence-corrected chi connectivity index (χ2v) is 17.7. The predicted octanol–water partition coefficient (Wildman–Crippen LogP) is 8.56. The molecule has 158 valence electrons. The van der Waals surface area contributed by atoms with E-state index in [1.54, 1.807) is 0 Å². The van der Waals surface area contributed by atoms with E-state index in [2.05, 4.69) is 145 Å². The van der Waals surface area contributed by atoms with E-state index in [-0.39, 0.29) is 10.3 Å². The monoisotopic (exact) mass is 564 g/mol. The average molecular weight is 566 g/mol.